The van der Waals surface area contributed by atoms with Gasteiger partial charge in [-0.05, 0) is 18.4 Å². The minimum absolute atomic E-state index is 0.125. The lowest BCUT2D eigenvalue weighted by molar-refractivity contribution is -0.134. The molecule has 1 aromatic carbocycles. The Kier molecular flexibility index (Phi) is 11.6. The van der Waals surface area contributed by atoms with Gasteiger partial charge in [0, 0.05) is 19.9 Å². The number of carbonyl (C=O) groups excluding carboxylic acids is 2. The maximum Gasteiger partial charge on any atom is 0.300 e. The number of guanidine groups is 1. The minimum atomic E-state index is -0.833. The summed E-state index contributed by atoms with van der Waals surface area (Å²) >= 11 is 0. The second-order valence-corrected chi connectivity index (χ2v) is 5.76. The third-order valence-electron chi connectivity index (χ3n) is 3.29. The molecule has 0 bridgehead atoms. The number of carboxylic acid groups (broad SMARTS) is 1. The van der Waals surface area contributed by atoms with Gasteiger partial charge in [0.15, 0.2) is 5.96 Å². The zero-order valence-corrected chi connectivity index (χ0v) is 15.3. The predicted molar refractivity (Wildman–Crippen MR) is 102 cm³/mol. The maximum atomic E-state index is 12.0. The van der Waals surface area contributed by atoms with Gasteiger partial charge >= 0.3 is 0 Å². The summed E-state index contributed by atoms with van der Waals surface area (Å²) in [5.41, 5.74) is 17.2. The molecule has 1 rings (SSSR count). The third-order valence-corrected chi connectivity index (χ3v) is 3.29. The van der Waals surface area contributed by atoms with Gasteiger partial charge in [-0.3, -0.25) is 19.8 Å². The van der Waals surface area contributed by atoms with E-state index in [0.717, 1.165) is 12.5 Å². The summed E-state index contributed by atoms with van der Waals surface area (Å²) in [4.78, 5) is 32.6. The van der Waals surface area contributed by atoms with Crippen molar-refractivity contribution in [1.82, 2.24) is 10.6 Å². The molecule has 0 aliphatic carbocycles. The Morgan fingerprint density at radius 2 is 1.74 bits per heavy atom. The van der Waals surface area contributed by atoms with Crippen LogP contribution in [0.4, 0.5) is 0 Å². The van der Waals surface area contributed by atoms with Crippen molar-refractivity contribution in [2.75, 3.05) is 6.54 Å². The van der Waals surface area contributed by atoms with Crippen LogP contribution in [-0.2, 0) is 20.8 Å². The quantitative estimate of drug-likeness (QED) is 0.160. The molecule has 0 unspecified atom stereocenters. The number of hydrogen-bond donors (Lipinski definition) is 7. The van der Waals surface area contributed by atoms with Gasteiger partial charge in [-0.2, -0.15) is 0 Å². The van der Waals surface area contributed by atoms with Crippen molar-refractivity contribution in [2.24, 2.45) is 17.2 Å². The summed E-state index contributed by atoms with van der Waals surface area (Å²) in [6.45, 7) is 1.54. The molecule has 1 aromatic rings. The van der Waals surface area contributed by atoms with Crippen molar-refractivity contribution in [3.8, 4) is 0 Å². The van der Waals surface area contributed by atoms with Crippen molar-refractivity contribution in [2.45, 2.75) is 38.3 Å². The van der Waals surface area contributed by atoms with E-state index in [0.29, 0.717) is 25.8 Å². The Hall–Kier alpha value is -3.14. The van der Waals surface area contributed by atoms with Gasteiger partial charge in [0.1, 0.15) is 6.04 Å². The van der Waals surface area contributed by atoms with Gasteiger partial charge in [-0.1, -0.05) is 30.3 Å². The fraction of sp³-hybridized carbons (Fsp3) is 0.412. The molecule has 150 valence electrons. The number of carboxylic acids is 1. The number of aliphatic carboxylic acids is 1. The molecule has 0 saturated carbocycles. The highest BCUT2D eigenvalue weighted by molar-refractivity contribution is 5.89. The first kappa shape index (κ1) is 23.9. The van der Waals surface area contributed by atoms with Crippen LogP contribution in [-0.4, -0.2) is 47.5 Å². The molecule has 0 saturated heterocycles. The smallest absolute Gasteiger partial charge is 0.300 e. The Balaban J connectivity index is 0.00000153. The van der Waals surface area contributed by atoms with Gasteiger partial charge in [0.2, 0.25) is 11.8 Å². The van der Waals surface area contributed by atoms with Crippen LogP contribution >= 0.6 is 0 Å². The fourth-order valence-electron chi connectivity index (χ4n) is 2.03. The van der Waals surface area contributed by atoms with E-state index in [2.05, 4.69) is 10.6 Å². The van der Waals surface area contributed by atoms with Crippen LogP contribution in [0.25, 0.3) is 0 Å². The minimum Gasteiger partial charge on any atom is -0.481 e. The monoisotopic (exact) mass is 380 g/mol. The number of amides is 2. The summed E-state index contributed by atoms with van der Waals surface area (Å²) < 4.78 is 0. The third kappa shape index (κ3) is 12.8. The summed E-state index contributed by atoms with van der Waals surface area (Å²) in [6, 6.07) is 7.73. The van der Waals surface area contributed by atoms with E-state index in [-0.39, 0.29) is 5.96 Å². The lowest BCUT2D eigenvalue weighted by Crippen LogP contribution is -2.51. The van der Waals surface area contributed by atoms with Gasteiger partial charge in [0.05, 0.1) is 6.04 Å². The van der Waals surface area contributed by atoms with E-state index in [9.17, 15) is 9.59 Å². The molecule has 10 nitrogen and oxygen atoms in total. The Morgan fingerprint density at radius 3 is 2.22 bits per heavy atom. The van der Waals surface area contributed by atoms with E-state index in [1.165, 1.54) is 0 Å². The summed E-state index contributed by atoms with van der Waals surface area (Å²) in [5.74, 6) is -1.99. The number of benzene rings is 1. The fourth-order valence-corrected chi connectivity index (χ4v) is 2.03. The molecular formula is C17H28N6O4. The Labute approximate surface area is 158 Å². The maximum absolute atomic E-state index is 12.0. The SMILES string of the molecule is CC(=O)O.N=C(N)NCCC[C@H](N)C(=O)N[C@@H](Cc1ccccc1)C(N)=O. The zero-order chi connectivity index (χ0) is 20.8. The highest BCUT2D eigenvalue weighted by atomic mass is 16.4. The van der Waals surface area contributed by atoms with Crippen LogP contribution in [0, 0.1) is 5.41 Å². The molecule has 10 N–H and O–H groups in total. The van der Waals surface area contributed by atoms with E-state index < -0.39 is 29.9 Å². The van der Waals surface area contributed by atoms with Crippen molar-refractivity contribution in [1.29, 1.82) is 5.41 Å². The van der Waals surface area contributed by atoms with Gasteiger partial charge in [-0.15, -0.1) is 0 Å². The van der Waals surface area contributed by atoms with Gasteiger partial charge in [-0.25, -0.2) is 0 Å². The van der Waals surface area contributed by atoms with E-state index in [4.69, 9.17) is 32.5 Å². The first-order valence-electron chi connectivity index (χ1n) is 8.30. The molecule has 0 aromatic heterocycles. The number of rotatable bonds is 9. The molecule has 0 fully saturated rings. The predicted octanol–water partition coefficient (Wildman–Crippen LogP) is -1.12. The Morgan fingerprint density at radius 1 is 1.19 bits per heavy atom. The standard InChI is InChI=1S/C15H24N6O2.C2H4O2/c16-11(7-4-8-20-15(18)19)14(23)21-12(13(17)22)9-10-5-2-1-3-6-10;1-2(3)4/h1-3,5-6,11-12H,4,7-9,16H2,(H2,17,22)(H,21,23)(H4,18,19,20);1H3,(H,3,4)/t11-,12-;/m0./s1. The summed E-state index contributed by atoms with van der Waals surface area (Å²) in [6.07, 6.45) is 1.30. The molecule has 2 amide bonds. The number of nitrogens with one attached hydrogen (secondary N) is 3. The highest BCUT2D eigenvalue weighted by Gasteiger charge is 2.22. The van der Waals surface area contributed by atoms with E-state index in [1.54, 1.807) is 0 Å². The Bertz CT molecular complexity index is 619. The topological polar surface area (TPSA) is 197 Å². The van der Waals surface area contributed by atoms with Crippen molar-refractivity contribution in [3.63, 3.8) is 0 Å². The molecule has 0 heterocycles. The number of nitrogens with two attached hydrogens (primary N) is 3. The lowest BCUT2D eigenvalue weighted by Gasteiger charge is -2.18. The number of hydrogen-bond acceptors (Lipinski definition) is 5. The molecule has 0 aliphatic heterocycles. The average molecular weight is 380 g/mol. The molecule has 0 spiro atoms. The van der Waals surface area contributed by atoms with Crippen molar-refractivity contribution < 1.29 is 19.5 Å². The summed E-state index contributed by atoms with van der Waals surface area (Å²) in [5, 5.41) is 19.7. The van der Waals surface area contributed by atoms with Crippen LogP contribution in [0.5, 0.6) is 0 Å². The van der Waals surface area contributed by atoms with Crippen LogP contribution in [0.1, 0.15) is 25.3 Å². The second kappa shape index (κ2) is 13.1. The number of carbonyl (C=O) groups is 3. The molecule has 0 aliphatic rings. The van der Waals surface area contributed by atoms with E-state index in [1.807, 2.05) is 30.3 Å². The lowest BCUT2D eigenvalue weighted by atomic mass is 10.0. The molecule has 27 heavy (non-hydrogen) atoms. The van der Waals surface area contributed by atoms with Crippen LogP contribution in [0.2, 0.25) is 0 Å². The van der Waals surface area contributed by atoms with E-state index >= 15 is 0 Å². The normalized spacial score (nSPS) is 11.9. The average Bonchev–Trinajstić information content (AvgIpc) is 2.58. The highest BCUT2D eigenvalue weighted by Crippen LogP contribution is 2.04. The first-order valence-corrected chi connectivity index (χ1v) is 8.30. The van der Waals surface area contributed by atoms with Crippen LogP contribution in [0.15, 0.2) is 30.3 Å². The number of primary amides is 1. The molecule has 10 heteroatoms. The zero-order valence-electron chi connectivity index (χ0n) is 15.3. The molecule has 2 atom stereocenters. The largest absolute Gasteiger partial charge is 0.481 e. The second-order valence-electron chi connectivity index (χ2n) is 5.76. The van der Waals surface area contributed by atoms with Crippen molar-refractivity contribution in [3.05, 3.63) is 35.9 Å². The van der Waals surface area contributed by atoms with Crippen LogP contribution in [0.3, 0.4) is 0 Å². The van der Waals surface area contributed by atoms with Gasteiger partial charge < -0.3 is 32.9 Å². The molecular weight excluding hydrogens is 352 g/mol. The van der Waals surface area contributed by atoms with Crippen LogP contribution < -0.4 is 27.8 Å². The molecule has 0 radical (unpaired) electrons. The van der Waals surface area contributed by atoms with Gasteiger partial charge in [0.25, 0.3) is 5.97 Å². The van der Waals surface area contributed by atoms with Crippen molar-refractivity contribution >= 4 is 23.7 Å². The summed E-state index contributed by atoms with van der Waals surface area (Å²) in [7, 11) is 0. The first-order chi connectivity index (χ1) is 12.6.